The molecule has 0 bridgehead atoms. The monoisotopic (exact) mass is 260 g/mol. The predicted molar refractivity (Wildman–Crippen MR) is 63.5 cm³/mol. The van der Waals surface area contributed by atoms with Crippen LogP contribution in [0.5, 0.6) is 0 Å². The Labute approximate surface area is 103 Å². The van der Waals surface area contributed by atoms with E-state index in [2.05, 4.69) is 0 Å². The van der Waals surface area contributed by atoms with Gasteiger partial charge in [0.1, 0.15) is 4.88 Å². The van der Waals surface area contributed by atoms with E-state index in [1.807, 2.05) is 18.4 Å². The molecule has 0 aliphatic rings. The minimum atomic E-state index is -1.66. The molecular weight excluding hydrogens is 246 g/mol. The van der Waals surface area contributed by atoms with Crippen molar-refractivity contribution in [3.63, 3.8) is 0 Å². The molecule has 94 valence electrons. The van der Waals surface area contributed by atoms with E-state index in [0.29, 0.717) is 24.1 Å². The zero-order valence-corrected chi connectivity index (χ0v) is 10.4. The molecule has 0 saturated carbocycles. The van der Waals surface area contributed by atoms with Gasteiger partial charge in [0.15, 0.2) is 0 Å². The minimum absolute atomic E-state index is 0.276. The molecule has 5 heteroatoms. The number of thiophene rings is 1. The largest absolute Gasteiger partial charge is 0.462 e. The third-order valence-corrected chi connectivity index (χ3v) is 3.17. The Morgan fingerprint density at radius 1 is 1.47 bits per heavy atom. The van der Waals surface area contributed by atoms with Crippen molar-refractivity contribution in [3.05, 3.63) is 34.0 Å². The maximum atomic E-state index is 11.7. The zero-order chi connectivity index (χ0) is 12.7. The van der Waals surface area contributed by atoms with Crippen LogP contribution in [0.3, 0.4) is 0 Å². The molecule has 0 aliphatic carbocycles. The lowest BCUT2D eigenvalue weighted by atomic mass is 10.2. The molecule has 0 N–H and O–H groups in total. The number of allylic oxidation sites excluding steroid dienone is 1. The van der Waals surface area contributed by atoms with Crippen LogP contribution in [-0.2, 0) is 4.74 Å². The van der Waals surface area contributed by atoms with Crippen molar-refractivity contribution in [3.8, 4) is 0 Å². The number of esters is 1. The summed E-state index contributed by atoms with van der Waals surface area (Å²) in [5.74, 6) is -0.329. The first kappa shape index (κ1) is 13.8. The van der Waals surface area contributed by atoms with Gasteiger partial charge in [-0.2, -0.15) is 8.78 Å². The van der Waals surface area contributed by atoms with Crippen LogP contribution in [0, 0.1) is 6.92 Å². The summed E-state index contributed by atoms with van der Waals surface area (Å²) in [6.07, 6.45) is 0.730. The van der Waals surface area contributed by atoms with Crippen LogP contribution in [0.2, 0.25) is 0 Å². The van der Waals surface area contributed by atoms with Crippen LogP contribution in [0.15, 0.2) is 23.6 Å². The fourth-order valence-corrected chi connectivity index (χ4v) is 2.09. The van der Waals surface area contributed by atoms with Crippen molar-refractivity contribution in [2.45, 2.75) is 26.2 Å². The third kappa shape index (κ3) is 5.08. The van der Waals surface area contributed by atoms with Crippen molar-refractivity contribution in [1.82, 2.24) is 0 Å². The number of aryl methyl sites for hydroxylation is 1. The van der Waals surface area contributed by atoms with Crippen molar-refractivity contribution in [1.29, 1.82) is 0 Å². The summed E-state index contributed by atoms with van der Waals surface area (Å²) in [5, 5.41) is 1.83. The molecule has 0 amide bonds. The van der Waals surface area contributed by atoms with Crippen LogP contribution in [0.1, 0.15) is 34.5 Å². The highest BCUT2D eigenvalue weighted by Crippen LogP contribution is 2.16. The van der Waals surface area contributed by atoms with Crippen molar-refractivity contribution in [2.75, 3.05) is 6.61 Å². The molecule has 17 heavy (non-hydrogen) atoms. The molecule has 2 nitrogen and oxygen atoms in total. The average molecular weight is 260 g/mol. The second kappa shape index (κ2) is 7.17. The number of ether oxygens (including phenoxy) is 1. The van der Waals surface area contributed by atoms with Gasteiger partial charge in [-0.3, -0.25) is 0 Å². The molecule has 1 aromatic heterocycles. The molecule has 1 heterocycles. The second-order valence-corrected chi connectivity index (χ2v) is 4.47. The molecule has 0 atom stereocenters. The average Bonchev–Trinajstić information content (AvgIpc) is 2.69. The lowest BCUT2D eigenvalue weighted by molar-refractivity contribution is 0.0503. The third-order valence-electron chi connectivity index (χ3n) is 2.18. The van der Waals surface area contributed by atoms with E-state index in [4.69, 9.17) is 4.74 Å². The quantitative estimate of drug-likeness (QED) is 0.567. The Balaban J connectivity index is 2.17. The number of unbranched alkanes of at least 4 members (excludes halogenated alkanes) is 2. The van der Waals surface area contributed by atoms with Gasteiger partial charge < -0.3 is 4.74 Å². The molecule has 1 aromatic rings. The standard InChI is InChI=1S/C12H14F2O2S/c1-9-6-8-17-11(9)12(15)16-7-4-2-3-5-10(13)14/h5-6,8H,2-4,7H2,1H3. The number of halogens is 2. The van der Waals surface area contributed by atoms with Gasteiger partial charge in [0.2, 0.25) is 0 Å². The van der Waals surface area contributed by atoms with Crippen molar-refractivity contribution >= 4 is 17.3 Å². The summed E-state index contributed by atoms with van der Waals surface area (Å²) in [6, 6.07) is 1.86. The lowest BCUT2D eigenvalue weighted by Crippen LogP contribution is -2.05. The predicted octanol–water partition coefficient (Wildman–Crippen LogP) is 4.16. The minimum Gasteiger partial charge on any atom is -0.462 e. The highest BCUT2D eigenvalue weighted by atomic mass is 32.1. The Morgan fingerprint density at radius 2 is 2.24 bits per heavy atom. The topological polar surface area (TPSA) is 26.3 Å². The first-order chi connectivity index (χ1) is 8.11. The molecule has 0 radical (unpaired) electrons. The number of rotatable bonds is 6. The molecule has 0 aromatic carbocycles. The van der Waals surface area contributed by atoms with Crippen LogP contribution in [-0.4, -0.2) is 12.6 Å². The highest BCUT2D eigenvalue weighted by Gasteiger charge is 2.10. The molecule has 0 unspecified atom stereocenters. The number of hydrogen-bond donors (Lipinski definition) is 0. The van der Waals surface area contributed by atoms with Gasteiger partial charge in [-0.25, -0.2) is 4.79 Å². The van der Waals surface area contributed by atoms with E-state index in [-0.39, 0.29) is 12.6 Å². The fourth-order valence-electron chi connectivity index (χ4n) is 1.27. The van der Waals surface area contributed by atoms with E-state index in [9.17, 15) is 13.6 Å². The van der Waals surface area contributed by atoms with E-state index >= 15 is 0 Å². The maximum Gasteiger partial charge on any atom is 0.348 e. The second-order valence-electron chi connectivity index (χ2n) is 3.56. The van der Waals surface area contributed by atoms with Crippen LogP contribution in [0.25, 0.3) is 0 Å². The van der Waals surface area contributed by atoms with E-state index in [1.54, 1.807) is 0 Å². The first-order valence-electron chi connectivity index (χ1n) is 5.33. The fraction of sp³-hybridized carbons (Fsp3) is 0.417. The van der Waals surface area contributed by atoms with Gasteiger partial charge in [0.05, 0.1) is 6.61 Å². The maximum absolute atomic E-state index is 11.7. The Morgan fingerprint density at radius 3 is 2.82 bits per heavy atom. The normalized spacial score (nSPS) is 10.1. The van der Waals surface area contributed by atoms with Gasteiger partial charge >= 0.3 is 5.97 Å². The van der Waals surface area contributed by atoms with Gasteiger partial charge in [0, 0.05) is 0 Å². The smallest absolute Gasteiger partial charge is 0.348 e. The van der Waals surface area contributed by atoms with Crippen LogP contribution >= 0.6 is 11.3 Å². The summed E-state index contributed by atoms with van der Waals surface area (Å²) in [5.41, 5.74) is 0.905. The molecule has 0 saturated heterocycles. The van der Waals surface area contributed by atoms with Gasteiger partial charge in [0.25, 0.3) is 6.08 Å². The summed E-state index contributed by atoms with van der Waals surface area (Å²) in [6.45, 7) is 2.12. The Bertz CT molecular complexity index is 395. The summed E-state index contributed by atoms with van der Waals surface area (Å²) in [4.78, 5) is 12.1. The summed E-state index contributed by atoms with van der Waals surface area (Å²) < 4.78 is 28.4. The Hall–Kier alpha value is -1.23. The van der Waals surface area contributed by atoms with Crippen LogP contribution in [0.4, 0.5) is 8.78 Å². The van der Waals surface area contributed by atoms with Crippen molar-refractivity contribution in [2.24, 2.45) is 0 Å². The molecule has 0 fully saturated rings. The van der Waals surface area contributed by atoms with Gasteiger partial charge in [-0.05, 0) is 49.3 Å². The zero-order valence-electron chi connectivity index (χ0n) is 9.54. The van der Waals surface area contributed by atoms with Gasteiger partial charge in [-0.1, -0.05) is 0 Å². The van der Waals surface area contributed by atoms with Gasteiger partial charge in [-0.15, -0.1) is 11.3 Å². The lowest BCUT2D eigenvalue weighted by Gasteiger charge is -2.03. The van der Waals surface area contributed by atoms with E-state index in [0.717, 1.165) is 11.6 Å². The Kier molecular flexibility index (Phi) is 5.83. The summed E-state index contributed by atoms with van der Waals surface area (Å²) in [7, 11) is 0. The van der Waals surface area contributed by atoms with E-state index < -0.39 is 6.08 Å². The van der Waals surface area contributed by atoms with E-state index in [1.165, 1.54) is 11.3 Å². The molecular formula is C12H14F2O2S. The summed E-state index contributed by atoms with van der Waals surface area (Å²) >= 11 is 1.35. The highest BCUT2D eigenvalue weighted by molar-refractivity contribution is 7.12. The van der Waals surface area contributed by atoms with Crippen LogP contribution < -0.4 is 0 Å². The molecule has 0 aliphatic heterocycles. The number of carbonyl (C=O) groups excluding carboxylic acids is 1. The number of carbonyl (C=O) groups is 1. The number of hydrogen-bond acceptors (Lipinski definition) is 3. The SMILES string of the molecule is Cc1ccsc1C(=O)OCCCCC=C(F)F. The molecule has 0 spiro atoms. The van der Waals surface area contributed by atoms with Crippen molar-refractivity contribution < 1.29 is 18.3 Å². The molecule has 1 rings (SSSR count). The first-order valence-corrected chi connectivity index (χ1v) is 6.21.